The van der Waals surface area contributed by atoms with E-state index in [9.17, 15) is 9.59 Å². The summed E-state index contributed by atoms with van der Waals surface area (Å²) in [7, 11) is 1.33. The van der Waals surface area contributed by atoms with Gasteiger partial charge in [-0.05, 0) is 56.2 Å². The summed E-state index contributed by atoms with van der Waals surface area (Å²) >= 11 is 0. The van der Waals surface area contributed by atoms with Crippen molar-refractivity contribution in [3.63, 3.8) is 0 Å². The first-order valence-electron chi connectivity index (χ1n) is 7.25. The third kappa shape index (κ3) is 4.10. The van der Waals surface area contributed by atoms with Gasteiger partial charge in [-0.25, -0.2) is 9.59 Å². The average molecular weight is 312 g/mol. The van der Waals surface area contributed by atoms with Crippen LogP contribution in [-0.2, 0) is 4.74 Å². The molecule has 0 fully saturated rings. The summed E-state index contributed by atoms with van der Waals surface area (Å²) in [5.41, 5.74) is 5.02. The molecule has 0 aliphatic rings. The number of rotatable bonds is 3. The first-order valence-corrected chi connectivity index (χ1v) is 7.25. The highest BCUT2D eigenvalue weighted by molar-refractivity contribution is 6.01. The molecular weight excluding hydrogens is 292 g/mol. The van der Waals surface area contributed by atoms with Crippen molar-refractivity contribution in [1.29, 1.82) is 0 Å². The molecule has 2 rings (SSSR count). The van der Waals surface area contributed by atoms with Gasteiger partial charge < -0.3 is 15.4 Å². The number of hydrogen-bond acceptors (Lipinski definition) is 3. The van der Waals surface area contributed by atoms with Crippen molar-refractivity contribution in [1.82, 2.24) is 0 Å². The number of carbonyl (C=O) groups excluding carboxylic acids is 2. The van der Waals surface area contributed by atoms with E-state index in [0.717, 1.165) is 22.4 Å². The summed E-state index contributed by atoms with van der Waals surface area (Å²) < 4.78 is 4.63. The summed E-state index contributed by atoms with van der Waals surface area (Å²) in [4.78, 5) is 23.5. The Morgan fingerprint density at radius 3 is 2.00 bits per heavy atom. The van der Waals surface area contributed by atoms with Crippen LogP contribution in [-0.4, -0.2) is 19.1 Å². The fourth-order valence-corrected chi connectivity index (χ4v) is 2.46. The minimum atomic E-state index is -0.410. The van der Waals surface area contributed by atoms with Gasteiger partial charge in [0.1, 0.15) is 0 Å². The summed E-state index contributed by atoms with van der Waals surface area (Å²) in [6, 6.07) is 10.2. The van der Waals surface area contributed by atoms with Gasteiger partial charge in [0.05, 0.1) is 12.7 Å². The van der Waals surface area contributed by atoms with Crippen molar-refractivity contribution < 1.29 is 14.3 Å². The quantitative estimate of drug-likeness (QED) is 0.840. The van der Waals surface area contributed by atoms with E-state index in [0.29, 0.717) is 11.3 Å². The number of amides is 2. The summed E-state index contributed by atoms with van der Waals surface area (Å²) in [5.74, 6) is -0.410. The Balaban J connectivity index is 2.07. The lowest BCUT2D eigenvalue weighted by Crippen LogP contribution is -2.20. The molecule has 0 radical (unpaired) electrons. The molecular formula is C18H20N2O3. The largest absolute Gasteiger partial charge is 0.465 e. The normalized spacial score (nSPS) is 10.1. The van der Waals surface area contributed by atoms with Crippen LogP contribution in [0.1, 0.15) is 27.0 Å². The lowest BCUT2D eigenvalue weighted by molar-refractivity contribution is 0.0601. The Morgan fingerprint density at radius 2 is 1.48 bits per heavy atom. The molecule has 2 N–H and O–H groups in total. The van der Waals surface area contributed by atoms with Crippen LogP contribution in [0.15, 0.2) is 36.4 Å². The second-order valence-corrected chi connectivity index (χ2v) is 5.42. The molecule has 0 aliphatic carbocycles. The number of aryl methyl sites for hydroxylation is 3. The predicted octanol–water partition coefficient (Wildman–Crippen LogP) is 4.04. The van der Waals surface area contributed by atoms with Crippen molar-refractivity contribution in [3.05, 3.63) is 58.7 Å². The first-order chi connectivity index (χ1) is 10.9. The molecule has 0 saturated heterocycles. The number of anilines is 2. The van der Waals surface area contributed by atoms with Crippen molar-refractivity contribution >= 4 is 23.4 Å². The van der Waals surface area contributed by atoms with Crippen LogP contribution in [0.2, 0.25) is 0 Å². The van der Waals surface area contributed by atoms with E-state index >= 15 is 0 Å². The highest BCUT2D eigenvalue weighted by atomic mass is 16.5. The molecule has 0 unspecified atom stereocenters. The van der Waals surface area contributed by atoms with Crippen molar-refractivity contribution in [3.8, 4) is 0 Å². The third-order valence-electron chi connectivity index (χ3n) is 3.48. The standard InChI is InChI=1S/C18H20N2O3/c1-11-9-12(2)16(13(3)10-11)20-18(22)19-15-7-5-14(6-8-15)17(21)23-4/h5-10H,1-4H3,(H2,19,20,22). The van der Waals surface area contributed by atoms with Crippen molar-refractivity contribution in [2.75, 3.05) is 17.7 Å². The molecule has 2 aromatic rings. The molecule has 0 bridgehead atoms. The highest BCUT2D eigenvalue weighted by Gasteiger charge is 2.09. The topological polar surface area (TPSA) is 67.4 Å². The fraction of sp³-hybridized carbons (Fsp3) is 0.222. The minimum absolute atomic E-state index is 0.328. The van der Waals surface area contributed by atoms with Gasteiger partial charge in [-0.2, -0.15) is 0 Å². The number of ether oxygens (including phenoxy) is 1. The lowest BCUT2D eigenvalue weighted by atomic mass is 10.1. The molecule has 5 heteroatoms. The fourth-order valence-electron chi connectivity index (χ4n) is 2.46. The number of urea groups is 1. The van der Waals surface area contributed by atoms with E-state index in [2.05, 4.69) is 15.4 Å². The van der Waals surface area contributed by atoms with Crippen LogP contribution in [0.25, 0.3) is 0 Å². The number of methoxy groups -OCH3 is 1. The molecule has 0 heterocycles. The van der Waals surface area contributed by atoms with Crippen LogP contribution >= 0.6 is 0 Å². The van der Waals surface area contributed by atoms with Crippen molar-refractivity contribution in [2.45, 2.75) is 20.8 Å². The molecule has 0 atom stereocenters. The maximum Gasteiger partial charge on any atom is 0.337 e. The van der Waals surface area contributed by atoms with E-state index in [-0.39, 0.29) is 6.03 Å². The predicted molar refractivity (Wildman–Crippen MR) is 91.1 cm³/mol. The van der Waals surface area contributed by atoms with Gasteiger partial charge in [0, 0.05) is 11.4 Å². The van der Waals surface area contributed by atoms with E-state index in [1.807, 2.05) is 32.9 Å². The molecule has 2 aromatic carbocycles. The molecule has 120 valence electrons. The Morgan fingerprint density at radius 1 is 0.913 bits per heavy atom. The zero-order chi connectivity index (χ0) is 17.0. The second-order valence-electron chi connectivity index (χ2n) is 5.42. The van der Waals surface area contributed by atoms with Gasteiger partial charge in [0.2, 0.25) is 0 Å². The van der Waals surface area contributed by atoms with Gasteiger partial charge in [-0.1, -0.05) is 17.7 Å². The Hall–Kier alpha value is -2.82. The van der Waals surface area contributed by atoms with E-state index < -0.39 is 5.97 Å². The van der Waals surface area contributed by atoms with E-state index in [1.54, 1.807) is 24.3 Å². The molecule has 23 heavy (non-hydrogen) atoms. The summed E-state index contributed by atoms with van der Waals surface area (Å²) in [5, 5.41) is 5.60. The zero-order valence-corrected chi connectivity index (χ0v) is 13.7. The van der Waals surface area contributed by atoms with Gasteiger partial charge >= 0.3 is 12.0 Å². The Bertz CT molecular complexity index is 713. The molecule has 5 nitrogen and oxygen atoms in total. The molecule has 0 saturated carbocycles. The van der Waals surface area contributed by atoms with Crippen LogP contribution in [0.4, 0.5) is 16.2 Å². The highest BCUT2D eigenvalue weighted by Crippen LogP contribution is 2.22. The van der Waals surface area contributed by atoms with Gasteiger partial charge in [0.25, 0.3) is 0 Å². The second kappa shape index (κ2) is 6.96. The Labute approximate surface area is 135 Å². The van der Waals surface area contributed by atoms with Crippen LogP contribution in [0, 0.1) is 20.8 Å². The molecule has 2 amide bonds. The molecule has 0 aliphatic heterocycles. The van der Waals surface area contributed by atoms with Gasteiger partial charge in [-0.15, -0.1) is 0 Å². The number of hydrogen-bond donors (Lipinski definition) is 2. The van der Waals surface area contributed by atoms with E-state index in [1.165, 1.54) is 7.11 Å². The van der Waals surface area contributed by atoms with Crippen LogP contribution in [0.5, 0.6) is 0 Å². The SMILES string of the molecule is COC(=O)c1ccc(NC(=O)Nc2c(C)cc(C)cc2C)cc1. The third-order valence-corrected chi connectivity index (χ3v) is 3.48. The average Bonchev–Trinajstić information content (AvgIpc) is 2.51. The zero-order valence-electron chi connectivity index (χ0n) is 13.7. The van der Waals surface area contributed by atoms with Crippen LogP contribution < -0.4 is 10.6 Å². The number of esters is 1. The monoisotopic (exact) mass is 312 g/mol. The summed E-state index contributed by atoms with van der Waals surface area (Å²) in [6.07, 6.45) is 0. The smallest absolute Gasteiger partial charge is 0.337 e. The number of nitrogens with one attached hydrogen (secondary N) is 2. The lowest BCUT2D eigenvalue weighted by Gasteiger charge is -2.13. The molecule has 0 spiro atoms. The number of benzene rings is 2. The Kier molecular flexibility index (Phi) is 5.01. The van der Waals surface area contributed by atoms with Gasteiger partial charge in [-0.3, -0.25) is 0 Å². The first kappa shape index (κ1) is 16.5. The van der Waals surface area contributed by atoms with Crippen LogP contribution in [0.3, 0.4) is 0 Å². The summed E-state index contributed by atoms with van der Waals surface area (Å²) in [6.45, 7) is 5.94. The minimum Gasteiger partial charge on any atom is -0.465 e. The number of carbonyl (C=O) groups is 2. The van der Waals surface area contributed by atoms with E-state index in [4.69, 9.17) is 0 Å². The maximum absolute atomic E-state index is 12.1. The maximum atomic E-state index is 12.1. The van der Waals surface area contributed by atoms with Crippen molar-refractivity contribution in [2.24, 2.45) is 0 Å². The van der Waals surface area contributed by atoms with Gasteiger partial charge in [0.15, 0.2) is 0 Å². The molecule has 0 aromatic heterocycles.